The lowest BCUT2D eigenvalue weighted by Crippen LogP contribution is -2.53. The van der Waals surface area contributed by atoms with Gasteiger partial charge in [0.15, 0.2) is 0 Å². The Labute approximate surface area is 107 Å². The second kappa shape index (κ2) is 6.01. The van der Waals surface area contributed by atoms with Gasteiger partial charge in [0.05, 0.1) is 6.04 Å². The first kappa shape index (κ1) is 13.2. The van der Waals surface area contributed by atoms with Crippen molar-refractivity contribution >= 4 is 22.9 Å². The predicted molar refractivity (Wildman–Crippen MR) is 69.6 cm³/mol. The molecule has 88 valence electrons. The van der Waals surface area contributed by atoms with Crippen LogP contribution < -0.4 is 5.32 Å². The molecule has 1 aliphatic heterocycles. The highest BCUT2D eigenvalue weighted by molar-refractivity contribution is 8.93. The summed E-state index contributed by atoms with van der Waals surface area (Å²) in [5.41, 5.74) is 1.19. The summed E-state index contributed by atoms with van der Waals surface area (Å²) in [7, 11) is 0. The average Bonchev–Trinajstić information content (AvgIpc) is 2.26. The Balaban J connectivity index is 0.00000128. The summed E-state index contributed by atoms with van der Waals surface area (Å²) in [4.78, 5) is 13.7. The molecule has 16 heavy (non-hydrogen) atoms. The zero-order valence-corrected chi connectivity index (χ0v) is 11.1. The Hall–Kier alpha value is -0.870. The Kier molecular flexibility index (Phi) is 4.96. The van der Waals surface area contributed by atoms with Crippen LogP contribution in [0.25, 0.3) is 0 Å². The van der Waals surface area contributed by atoms with Gasteiger partial charge >= 0.3 is 0 Å². The minimum atomic E-state index is -0.0394. The SMILES string of the molecule is Br.CC1NCCN(Cc2ccccc2)C1=O. The molecule has 0 aliphatic carbocycles. The molecule has 4 heteroatoms. The van der Waals surface area contributed by atoms with Crippen molar-refractivity contribution in [2.24, 2.45) is 0 Å². The summed E-state index contributed by atoms with van der Waals surface area (Å²) in [5.74, 6) is 0.199. The smallest absolute Gasteiger partial charge is 0.239 e. The quantitative estimate of drug-likeness (QED) is 0.895. The minimum Gasteiger partial charge on any atom is -0.336 e. The van der Waals surface area contributed by atoms with E-state index in [1.54, 1.807) is 0 Å². The monoisotopic (exact) mass is 284 g/mol. The number of hydrogen-bond acceptors (Lipinski definition) is 2. The summed E-state index contributed by atoms with van der Waals surface area (Å²) in [6, 6.07) is 10.1. The lowest BCUT2D eigenvalue weighted by Gasteiger charge is -2.31. The van der Waals surface area contributed by atoms with Crippen LogP contribution in [-0.2, 0) is 11.3 Å². The van der Waals surface area contributed by atoms with Gasteiger partial charge in [0.1, 0.15) is 0 Å². The summed E-state index contributed by atoms with van der Waals surface area (Å²) in [6.45, 7) is 4.34. The molecule has 1 amide bonds. The third-order valence-corrected chi connectivity index (χ3v) is 2.73. The van der Waals surface area contributed by atoms with Crippen molar-refractivity contribution in [1.29, 1.82) is 0 Å². The molecule has 2 rings (SSSR count). The van der Waals surface area contributed by atoms with Crippen LogP contribution in [0.1, 0.15) is 12.5 Å². The van der Waals surface area contributed by atoms with E-state index in [2.05, 4.69) is 17.4 Å². The van der Waals surface area contributed by atoms with Crippen molar-refractivity contribution < 1.29 is 4.79 Å². The molecule has 0 radical (unpaired) electrons. The molecule has 1 fully saturated rings. The Morgan fingerprint density at radius 1 is 1.38 bits per heavy atom. The van der Waals surface area contributed by atoms with Gasteiger partial charge in [-0.1, -0.05) is 30.3 Å². The maximum Gasteiger partial charge on any atom is 0.239 e. The third kappa shape index (κ3) is 3.06. The average molecular weight is 285 g/mol. The molecule has 0 saturated carbocycles. The van der Waals surface area contributed by atoms with Crippen molar-refractivity contribution in [3.05, 3.63) is 35.9 Å². The molecule has 1 unspecified atom stereocenters. The number of benzene rings is 1. The Morgan fingerprint density at radius 2 is 2.06 bits per heavy atom. The molecular formula is C12H17BrN2O. The number of carbonyl (C=O) groups excluding carboxylic acids is 1. The molecule has 1 heterocycles. The van der Waals surface area contributed by atoms with Crippen LogP contribution in [0.3, 0.4) is 0 Å². The van der Waals surface area contributed by atoms with E-state index in [4.69, 9.17) is 0 Å². The van der Waals surface area contributed by atoms with Crippen LogP contribution >= 0.6 is 17.0 Å². The number of piperazine rings is 1. The fourth-order valence-electron chi connectivity index (χ4n) is 1.85. The van der Waals surface area contributed by atoms with Crippen molar-refractivity contribution in [3.63, 3.8) is 0 Å². The van der Waals surface area contributed by atoms with Gasteiger partial charge in [-0.05, 0) is 12.5 Å². The Morgan fingerprint density at radius 3 is 2.75 bits per heavy atom. The molecule has 1 saturated heterocycles. The van der Waals surface area contributed by atoms with Gasteiger partial charge < -0.3 is 10.2 Å². The maximum absolute atomic E-state index is 11.8. The molecular weight excluding hydrogens is 268 g/mol. The van der Waals surface area contributed by atoms with Crippen molar-refractivity contribution in [1.82, 2.24) is 10.2 Å². The first-order valence-electron chi connectivity index (χ1n) is 5.33. The van der Waals surface area contributed by atoms with E-state index in [0.29, 0.717) is 0 Å². The van der Waals surface area contributed by atoms with Gasteiger partial charge in [0.2, 0.25) is 5.91 Å². The second-order valence-corrected chi connectivity index (χ2v) is 3.92. The highest BCUT2D eigenvalue weighted by Crippen LogP contribution is 2.08. The molecule has 1 atom stereocenters. The summed E-state index contributed by atoms with van der Waals surface area (Å²) < 4.78 is 0. The normalized spacial score (nSPS) is 20.4. The van der Waals surface area contributed by atoms with Gasteiger partial charge in [-0.15, -0.1) is 17.0 Å². The lowest BCUT2D eigenvalue weighted by molar-refractivity contribution is -0.135. The molecule has 0 aromatic heterocycles. The lowest BCUT2D eigenvalue weighted by atomic mass is 10.1. The second-order valence-electron chi connectivity index (χ2n) is 3.92. The molecule has 1 aromatic carbocycles. The number of hydrogen-bond donors (Lipinski definition) is 1. The standard InChI is InChI=1S/C12H16N2O.BrH/c1-10-12(15)14(8-7-13-10)9-11-5-3-2-4-6-11;/h2-6,10,13H,7-9H2,1H3;1H. The summed E-state index contributed by atoms with van der Waals surface area (Å²) >= 11 is 0. The first-order chi connectivity index (χ1) is 7.27. The van der Waals surface area contributed by atoms with Crippen LogP contribution in [0.15, 0.2) is 30.3 Å². The van der Waals surface area contributed by atoms with E-state index in [1.807, 2.05) is 30.0 Å². The van der Waals surface area contributed by atoms with E-state index in [9.17, 15) is 4.79 Å². The number of rotatable bonds is 2. The van der Waals surface area contributed by atoms with E-state index >= 15 is 0 Å². The number of carbonyl (C=O) groups is 1. The van der Waals surface area contributed by atoms with Crippen LogP contribution in [0.4, 0.5) is 0 Å². The van der Waals surface area contributed by atoms with E-state index in [0.717, 1.165) is 19.6 Å². The fourth-order valence-corrected chi connectivity index (χ4v) is 1.85. The highest BCUT2D eigenvalue weighted by Gasteiger charge is 2.24. The molecule has 1 N–H and O–H groups in total. The van der Waals surface area contributed by atoms with Crippen molar-refractivity contribution in [2.45, 2.75) is 19.5 Å². The molecule has 0 spiro atoms. The predicted octanol–water partition coefficient (Wildman–Crippen LogP) is 1.58. The number of halogens is 1. The summed E-state index contributed by atoms with van der Waals surface area (Å²) in [5, 5.41) is 3.16. The van der Waals surface area contributed by atoms with Crippen LogP contribution in [0.2, 0.25) is 0 Å². The zero-order chi connectivity index (χ0) is 10.7. The van der Waals surface area contributed by atoms with Crippen molar-refractivity contribution in [3.8, 4) is 0 Å². The molecule has 0 bridgehead atoms. The van der Waals surface area contributed by atoms with E-state index in [-0.39, 0.29) is 28.9 Å². The van der Waals surface area contributed by atoms with Crippen LogP contribution in [-0.4, -0.2) is 29.9 Å². The van der Waals surface area contributed by atoms with Gasteiger partial charge in [-0.25, -0.2) is 0 Å². The van der Waals surface area contributed by atoms with Crippen LogP contribution in [0.5, 0.6) is 0 Å². The molecule has 1 aromatic rings. The maximum atomic E-state index is 11.8. The third-order valence-electron chi connectivity index (χ3n) is 2.73. The van der Waals surface area contributed by atoms with Gasteiger partial charge in [-0.2, -0.15) is 0 Å². The number of nitrogens with zero attached hydrogens (tertiary/aromatic N) is 1. The number of amides is 1. The van der Waals surface area contributed by atoms with E-state index < -0.39 is 0 Å². The fraction of sp³-hybridized carbons (Fsp3) is 0.417. The topological polar surface area (TPSA) is 32.3 Å². The molecule has 1 aliphatic rings. The first-order valence-corrected chi connectivity index (χ1v) is 5.33. The van der Waals surface area contributed by atoms with E-state index in [1.165, 1.54) is 5.56 Å². The van der Waals surface area contributed by atoms with Gasteiger partial charge in [-0.3, -0.25) is 4.79 Å². The number of nitrogens with one attached hydrogen (secondary N) is 1. The minimum absolute atomic E-state index is 0. The zero-order valence-electron chi connectivity index (χ0n) is 9.35. The highest BCUT2D eigenvalue weighted by atomic mass is 79.9. The van der Waals surface area contributed by atoms with Crippen molar-refractivity contribution in [2.75, 3.05) is 13.1 Å². The Bertz CT molecular complexity index is 342. The van der Waals surface area contributed by atoms with Gasteiger partial charge in [0, 0.05) is 19.6 Å². The summed E-state index contributed by atoms with van der Waals surface area (Å²) in [6.07, 6.45) is 0. The van der Waals surface area contributed by atoms with Gasteiger partial charge in [0.25, 0.3) is 0 Å². The van der Waals surface area contributed by atoms with Crippen LogP contribution in [0, 0.1) is 0 Å². The largest absolute Gasteiger partial charge is 0.336 e. The molecule has 3 nitrogen and oxygen atoms in total.